The molecule has 0 saturated carbocycles. The molecular formula is C21H16O2S2. The van der Waals surface area contributed by atoms with Crippen LogP contribution in [0.1, 0.15) is 18.1 Å². The molecule has 2 rings (SSSR count). The van der Waals surface area contributed by atoms with Gasteiger partial charge in [0.1, 0.15) is 0 Å². The molecule has 0 fully saturated rings. The molecule has 2 aromatic carbocycles. The van der Waals surface area contributed by atoms with E-state index in [4.69, 9.17) is 0 Å². The van der Waals surface area contributed by atoms with Gasteiger partial charge < -0.3 is 0 Å². The van der Waals surface area contributed by atoms with Gasteiger partial charge in [0, 0.05) is 20.9 Å². The molecule has 0 N–H and O–H groups in total. The topological polar surface area (TPSA) is 34.1 Å². The molecule has 2 nitrogen and oxygen atoms in total. The lowest BCUT2D eigenvalue weighted by Crippen LogP contribution is -1.90. The van der Waals surface area contributed by atoms with Gasteiger partial charge in [0.15, 0.2) is 0 Å². The van der Waals surface area contributed by atoms with Crippen molar-refractivity contribution in [1.82, 2.24) is 0 Å². The van der Waals surface area contributed by atoms with Crippen molar-refractivity contribution in [3.63, 3.8) is 0 Å². The van der Waals surface area contributed by atoms with Crippen LogP contribution in [-0.2, 0) is 9.59 Å². The van der Waals surface area contributed by atoms with Crippen molar-refractivity contribution < 1.29 is 9.59 Å². The van der Waals surface area contributed by atoms with Gasteiger partial charge in [0.05, 0.1) is 0 Å². The first-order valence-corrected chi connectivity index (χ1v) is 9.05. The van der Waals surface area contributed by atoms with Gasteiger partial charge in [-0.05, 0) is 90.6 Å². The average Bonchev–Trinajstić information content (AvgIpc) is 2.62. The quantitative estimate of drug-likeness (QED) is 0.430. The second-order valence-electron chi connectivity index (χ2n) is 5.09. The van der Waals surface area contributed by atoms with Crippen LogP contribution in [0.4, 0.5) is 0 Å². The second-order valence-corrected chi connectivity index (χ2v) is 7.22. The molecule has 4 heteroatoms. The minimum absolute atomic E-state index is 0.0354. The van der Waals surface area contributed by atoms with Crippen molar-refractivity contribution in [2.45, 2.75) is 16.7 Å². The summed E-state index contributed by atoms with van der Waals surface area (Å²) in [5.74, 6) is 6.17. The fraction of sp³-hybridized carbons (Fsp3) is 0.0476. The van der Waals surface area contributed by atoms with Crippen LogP contribution in [0.25, 0.3) is 0 Å². The number of carbonyl (C=O) groups is 2. The largest absolute Gasteiger partial charge is 0.282 e. The summed E-state index contributed by atoms with van der Waals surface area (Å²) < 4.78 is 0. The Labute approximate surface area is 156 Å². The molecule has 25 heavy (non-hydrogen) atoms. The fourth-order valence-corrected chi connectivity index (χ4v) is 2.96. The van der Waals surface area contributed by atoms with Gasteiger partial charge in [-0.1, -0.05) is 25.0 Å². The van der Waals surface area contributed by atoms with Crippen LogP contribution in [0.3, 0.4) is 0 Å². The zero-order chi connectivity index (χ0) is 18.2. The molecule has 0 bridgehead atoms. The van der Waals surface area contributed by atoms with Crippen LogP contribution >= 0.6 is 23.5 Å². The van der Waals surface area contributed by atoms with E-state index in [1.165, 1.54) is 6.08 Å². The highest BCUT2D eigenvalue weighted by Gasteiger charge is 2.04. The molecule has 0 aliphatic rings. The van der Waals surface area contributed by atoms with Crippen LogP contribution < -0.4 is 0 Å². The Morgan fingerprint density at radius 1 is 0.880 bits per heavy atom. The lowest BCUT2D eigenvalue weighted by molar-refractivity contribution is -0.108. The molecule has 0 aromatic heterocycles. The van der Waals surface area contributed by atoms with E-state index in [-0.39, 0.29) is 10.2 Å². The van der Waals surface area contributed by atoms with E-state index in [1.54, 1.807) is 6.92 Å². The standard InChI is InChI=1S/C21H16O2S2/c1-4-20(22)24-18-11-7-16(8-12-18)5-6-17-9-13-19(14-10-17)25-21(23)15(2)3/h4,7-14H,1-2H2,3H3. The Morgan fingerprint density at radius 3 is 1.72 bits per heavy atom. The summed E-state index contributed by atoms with van der Waals surface area (Å²) in [5.41, 5.74) is 2.27. The summed E-state index contributed by atoms with van der Waals surface area (Å²) >= 11 is 2.29. The first kappa shape index (κ1) is 18.9. The number of hydrogen-bond donors (Lipinski definition) is 0. The monoisotopic (exact) mass is 364 g/mol. The first-order valence-electron chi connectivity index (χ1n) is 7.42. The van der Waals surface area contributed by atoms with E-state index in [0.29, 0.717) is 5.57 Å². The molecular weight excluding hydrogens is 348 g/mol. The highest BCUT2D eigenvalue weighted by Crippen LogP contribution is 2.22. The van der Waals surface area contributed by atoms with E-state index in [2.05, 4.69) is 25.0 Å². The Bertz CT molecular complexity index is 867. The summed E-state index contributed by atoms with van der Waals surface area (Å²) in [6, 6.07) is 15.0. The Hall–Kier alpha value is -2.48. The predicted octanol–water partition coefficient (Wildman–Crippen LogP) is 5.09. The normalized spacial score (nSPS) is 9.64. The molecule has 0 atom stereocenters. The van der Waals surface area contributed by atoms with Gasteiger partial charge in [0.2, 0.25) is 10.2 Å². The molecule has 0 aliphatic carbocycles. The second kappa shape index (κ2) is 9.12. The lowest BCUT2D eigenvalue weighted by atomic mass is 10.2. The molecule has 0 aliphatic heterocycles. The summed E-state index contributed by atoms with van der Waals surface area (Å²) in [6.45, 7) is 8.79. The van der Waals surface area contributed by atoms with Crippen molar-refractivity contribution in [1.29, 1.82) is 0 Å². The third-order valence-electron chi connectivity index (χ3n) is 3.00. The third-order valence-corrected chi connectivity index (χ3v) is 4.92. The van der Waals surface area contributed by atoms with Gasteiger partial charge in [-0.25, -0.2) is 0 Å². The predicted molar refractivity (Wildman–Crippen MR) is 106 cm³/mol. The lowest BCUT2D eigenvalue weighted by Gasteiger charge is -2.00. The smallest absolute Gasteiger partial charge is 0.219 e. The van der Waals surface area contributed by atoms with Gasteiger partial charge in [0.25, 0.3) is 0 Å². The molecule has 0 saturated heterocycles. The van der Waals surface area contributed by atoms with Gasteiger partial charge in [-0.2, -0.15) is 0 Å². The van der Waals surface area contributed by atoms with Crippen molar-refractivity contribution in [2.75, 3.05) is 0 Å². The van der Waals surface area contributed by atoms with Crippen molar-refractivity contribution in [3.05, 3.63) is 84.5 Å². The number of benzene rings is 2. The van der Waals surface area contributed by atoms with Crippen LogP contribution in [0.15, 0.2) is 83.1 Å². The Morgan fingerprint density at radius 2 is 1.32 bits per heavy atom. The summed E-state index contributed by atoms with van der Waals surface area (Å²) in [4.78, 5) is 24.7. The Kier molecular flexibility index (Phi) is 6.88. The summed E-state index contributed by atoms with van der Waals surface area (Å²) in [7, 11) is 0. The SMILES string of the molecule is C=CC(=O)Sc1ccc(C#Cc2ccc(SC(=O)C(=C)C)cc2)cc1. The van der Waals surface area contributed by atoms with Crippen LogP contribution in [-0.4, -0.2) is 10.2 Å². The van der Waals surface area contributed by atoms with E-state index < -0.39 is 0 Å². The van der Waals surface area contributed by atoms with E-state index in [1.807, 2.05) is 48.5 Å². The third kappa shape index (κ3) is 6.15. The molecule has 0 unspecified atom stereocenters. The van der Waals surface area contributed by atoms with Crippen LogP contribution in [0, 0.1) is 11.8 Å². The summed E-state index contributed by atoms with van der Waals surface area (Å²) in [5, 5.41) is -0.117. The number of hydrogen-bond acceptors (Lipinski definition) is 4. The molecule has 0 radical (unpaired) electrons. The van der Waals surface area contributed by atoms with Crippen molar-refractivity contribution >= 4 is 33.8 Å². The number of thioether (sulfide) groups is 2. The highest BCUT2D eigenvalue weighted by atomic mass is 32.2. The highest BCUT2D eigenvalue weighted by molar-refractivity contribution is 8.14. The van der Waals surface area contributed by atoms with Crippen LogP contribution in [0.2, 0.25) is 0 Å². The molecule has 124 valence electrons. The molecule has 0 amide bonds. The van der Waals surface area contributed by atoms with Gasteiger partial charge >= 0.3 is 0 Å². The summed E-state index contributed by atoms with van der Waals surface area (Å²) in [6.07, 6.45) is 1.30. The average molecular weight is 364 g/mol. The maximum Gasteiger partial charge on any atom is 0.219 e. The zero-order valence-corrected chi connectivity index (χ0v) is 15.4. The first-order chi connectivity index (χ1) is 12.0. The fourth-order valence-electron chi connectivity index (χ4n) is 1.71. The van der Waals surface area contributed by atoms with E-state index >= 15 is 0 Å². The van der Waals surface area contributed by atoms with Gasteiger partial charge in [-0.15, -0.1) is 0 Å². The Balaban J connectivity index is 2.03. The maximum atomic E-state index is 11.6. The van der Waals surface area contributed by atoms with E-state index in [9.17, 15) is 9.59 Å². The number of rotatable bonds is 4. The van der Waals surface area contributed by atoms with Crippen LogP contribution in [0.5, 0.6) is 0 Å². The van der Waals surface area contributed by atoms with E-state index in [0.717, 1.165) is 44.4 Å². The van der Waals surface area contributed by atoms with Crippen molar-refractivity contribution in [3.8, 4) is 11.8 Å². The molecule has 0 heterocycles. The minimum atomic E-state index is -0.0816. The zero-order valence-electron chi connectivity index (χ0n) is 13.7. The van der Waals surface area contributed by atoms with Crippen molar-refractivity contribution in [2.24, 2.45) is 0 Å². The minimum Gasteiger partial charge on any atom is -0.282 e. The molecule has 0 spiro atoms. The maximum absolute atomic E-state index is 11.6. The van der Waals surface area contributed by atoms with Gasteiger partial charge in [-0.3, -0.25) is 9.59 Å². The molecule has 2 aromatic rings. The number of carbonyl (C=O) groups excluding carboxylic acids is 2.